The zero-order valence-corrected chi connectivity index (χ0v) is 18.2. The standard InChI is InChI=1S/C22H19ClN4O3S/c1-29-18-10-5-4-9-17(18)27-21(19-11-6-12-30-19)25-26-22(27)31-14-20(28)24-13-15-7-2-3-8-16(15)23/h2-12H,13-14H2,1H3,(H,24,28). The number of ether oxygens (including phenoxy) is 1. The van der Waals surface area contributed by atoms with Crippen LogP contribution in [0.1, 0.15) is 5.56 Å². The van der Waals surface area contributed by atoms with Crippen LogP contribution in [0.25, 0.3) is 17.3 Å². The summed E-state index contributed by atoms with van der Waals surface area (Å²) in [4.78, 5) is 12.4. The number of halogens is 1. The first-order valence-electron chi connectivity index (χ1n) is 9.43. The van der Waals surface area contributed by atoms with E-state index in [2.05, 4.69) is 15.5 Å². The Kier molecular flexibility index (Phi) is 6.59. The summed E-state index contributed by atoms with van der Waals surface area (Å²) in [5, 5.41) is 12.6. The van der Waals surface area contributed by atoms with Gasteiger partial charge < -0.3 is 14.5 Å². The SMILES string of the molecule is COc1ccccc1-n1c(SCC(=O)NCc2ccccc2Cl)nnc1-c1ccco1. The molecule has 0 unspecified atom stereocenters. The van der Waals surface area contributed by atoms with Gasteiger partial charge in [-0.1, -0.05) is 53.7 Å². The van der Waals surface area contributed by atoms with Gasteiger partial charge in [-0.2, -0.15) is 0 Å². The monoisotopic (exact) mass is 454 g/mol. The first-order valence-corrected chi connectivity index (χ1v) is 10.8. The van der Waals surface area contributed by atoms with Gasteiger partial charge in [0.2, 0.25) is 11.7 Å². The molecule has 2 aromatic carbocycles. The molecule has 0 saturated carbocycles. The number of amides is 1. The van der Waals surface area contributed by atoms with Gasteiger partial charge in [-0.25, -0.2) is 0 Å². The number of hydrogen-bond donors (Lipinski definition) is 1. The minimum atomic E-state index is -0.140. The topological polar surface area (TPSA) is 82.2 Å². The maximum absolute atomic E-state index is 12.4. The molecule has 7 nitrogen and oxygen atoms in total. The molecule has 158 valence electrons. The predicted octanol–water partition coefficient (Wildman–Crippen LogP) is 4.60. The number of thioether (sulfide) groups is 1. The fourth-order valence-electron chi connectivity index (χ4n) is 2.98. The fraction of sp³-hybridized carbons (Fsp3) is 0.136. The number of aromatic nitrogens is 3. The summed E-state index contributed by atoms with van der Waals surface area (Å²) in [6, 6.07) is 18.5. The highest BCUT2D eigenvalue weighted by molar-refractivity contribution is 7.99. The Hall–Kier alpha value is -3.23. The smallest absolute Gasteiger partial charge is 0.230 e. The van der Waals surface area contributed by atoms with Gasteiger partial charge in [-0.15, -0.1) is 10.2 Å². The predicted molar refractivity (Wildman–Crippen MR) is 120 cm³/mol. The van der Waals surface area contributed by atoms with E-state index in [-0.39, 0.29) is 11.7 Å². The van der Waals surface area contributed by atoms with Gasteiger partial charge in [0.15, 0.2) is 10.9 Å². The molecular weight excluding hydrogens is 436 g/mol. The summed E-state index contributed by atoms with van der Waals surface area (Å²) in [5.74, 6) is 1.76. The number of rotatable bonds is 8. The first kappa shape index (κ1) is 21.0. The number of hydrogen-bond acceptors (Lipinski definition) is 6. The van der Waals surface area contributed by atoms with Crippen LogP contribution in [0.5, 0.6) is 5.75 Å². The van der Waals surface area contributed by atoms with Crippen LogP contribution in [0.3, 0.4) is 0 Å². The van der Waals surface area contributed by atoms with Crippen LogP contribution < -0.4 is 10.1 Å². The number of carbonyl (C=O) groups is 1. The molecule has 0 spiro atoms. The number of benzene rings is 2. The number of furan rings is 1. The van der Waals surface area contributed by atoms with E-state index in [0.29, 0.717) is 34.1 Å². The third kappa shape index (κ3) is 4.76. The van der Waals surface area contributed by atoms with Gasteiger partial charge in [0, 0.05) is 11.6 Å². The van der Waals surface area contributed by atoms with Crippen molar-refractivity contribution in [1.29, 1.82) is 0 Å². The Morgan fingerprint density at radius 2 is 1.94 bits per heavy atom. The molecule has 31 heavy (non-hydrogen) atoms. The van der Waals surface area contributed by atoms with Crippen LogP contribution in [0, 0.1) is 0 Å². The van der Waals surface area contributed by atoms with Crippen molar-refractivity contribution in [3.05, 3.63) is 77.5 Å². The lowest BCUT2D eigenvalue weighted by Crippen LogP contribution is -2.24. The summed E-state index contributed by atoms with van der Waals surface area (Å²) in [5.41, 5.74) is 1.61. The van der Waals surface area contributed by atoms with Gasteiger partial charge in [0.05, 0.1) is 24.8 Å². The zero-order chi connectivity index (χ0) is 21.6. The van der Waals surface area contributed by atoms with E-state index < -0.39 is 0 Å². The second-order valence-corrected chi connectivity index (χ2v) is 7.80. The Labute approximate surface area is 188 Å². The van der Waals surface area contributed by atoms with Crippen molar-refractivity contribution >= 4 is 29.3 Å². The Balaban J connectivity index is 1.54. The van der Waals surface area contributed by atoms with E-state index in [0.717, 1.165) is 11.3 Å². The molecule has 0 radical (unpaired) electrons. The van der Waals surface area contributed by atoms with Crippen molar-refractivity contribution in [2.24, 2.45) is 0 Å². The number of carbonyl (C=O) groups excluding carboxylic acids is 1. The van der Waals surface area contributed by atoms with Gasteiger partial charge >= 0.3 is 0 Å². The quantitative estimate of drug-likeness (QED) is 0.392. The minimum Gasteiger partial charge on any atom is -0.495 e. The molecule has 2 heterocycles. The third-order valence-electron chi connectivity index (χ3n) is 4.47. The summed E-state index contributed by atoms with van der Waals surface area (Å²) in [6.07, 6.45) is 1.57. The molecule has 9 heteroatoms. The van der Waals surface area contributed by atoms with Crippen molar-refractivity contribution in [2.75, 3.05) is 12.9 Å². The number of nitrogens with one attached hydrogen (secondary N) is 1. The zero-order valence-electron chi connectivity index (χ0n) is 16.6. The van der Waals surface area contributed by atoms with Gasteiger partial charge in [-0.05, 0) is 35.9 Å². The third-order valence-corrected chi connectivity index (χ3v) is 5.76. The van der Waals surface area contributed by atoms with E-state index in [1.54, 1.807) is 31.6 Å². The average Bonchev–Trinajstić information content (AvgIpc) is 3.47. The molecular formula is C22H19ClN4O3S. The van der Waals surface area contributed by atoms with Crippen molar-refractivity contribution in [2.45, 2.75) is 11.7 Å². The molecule has 0 aliphatic carbocycles. The number of methoxy groups -OCH3 is 1. The molecule has 0 saturated heterocycles. The first-order chi connectivity index (χ1) is 15.2. The van der Waals surface area contributed by atoms with E-state index in [1.165, 1.54) is 11.8 Å². The van der Waals surface area contributed by atoms with Crippen molar-refractivity contribution in [3.8, 4) is 23.0 Å². The second-order valence-electron chi connectivity index (χ2n) is 6.45. The lowest BCUT2D eigenvalue weighted by atomic mass is 10.2. The Morgan fingerprint density at radius 3 is 2.71 bits per heavy atom. The molecule has 4 aromatic rings. The summed E-state index contributed by atoms with van der Waals surface area (Å²) < 4.78 is 12.9. The number of nitrogens with zero attached hydrogens (tertiary/aromatic N) is 3. The highest BCUT2D eigenvalue weighted by atomic mass is 35.5. The highest BCUT2D eigenvalue weighted by Gasteiger charge is 2.21. The van der Waals surface area contributed by atoms with Crippen LogP contribution in [0.15, 0.2) is 76.5 Å². The van der Waals surface area contributed by atoms with Crippen molar-refractivity contribution < 1.29 is 13.9 Å². The molecule has 1 N–H and O–H groups in total. The normalized spacial score (nSPS) is 10.8. The molecule has 0 aliphatic heterocycles. The van der Waals surface area contributed by atoms with E-state index >= 15 is 0 Å². The molecule has 4 rings (SSSR count). The molecule has 0 fully saturated rings. The van der Waals surface area contributed by atoms with Crippen LogP contribution in [-0.4, -0.2) is 33.5 Å². The largest absolute Gasteiger partial charge is 0.495 e. The van der Waals surface area contributed by atoms with Gasteiger partial charge in [-0.3, -0.25) is 9.36 Å². The van der Waals surface area contributed by atoms with E-state index in [9.17, 15) is 4.79 Å². The van der Waals surface area contributed by atoms with Crippen molar-refractivity contribution in [1.82, 2.24) is 20.1 Å². The molecule has 2 aromatic heterocycles. The summed E-state index contributed by atoms with van der Waals surface area (Å²) in [6.45, 7) is 0.357. The summed E-state index contributed by atoms with van der Waals surface area (Å²) in [7, 11) is 1.60. The lowest BCUT2D eigenvalue weighted by Gasteiger charge is -2.13. The van der Waals surface area contributed by atoms with Crippen molar-refractivity contribution in [3.63, 3.8) is 0 Å². The Bertz CT molecular complexity index is 1180. The van der Waals surface area contributed by atoms with Gasteiger partial charge in [0.1, 0.15) is 5.75 Å². The van der Waals surface area contributed by atoms with Gasteiger partial charge in [0.25, 0.3) is 0 Å². The molecule has 0 aliphatic rings. The average molecular weight is 455 g/mol. The van der Waals surface area contributed by atoms with E-state index in [1.807, 2.05) is 47.0 Å². The van der Waals surface area contributed by atoms with E-state index in [4.69, 9.17) is 20.8 Å². The maximum atomic E-state index is 12.4. The van der Waals surface area contributed by atoms with Crippen LogP contribution in [0.4, 0.5) is 0 Å². The molecule has 0 atom stereocenters. The minimum absolute atomic E-state index is 0.140. The lowest BCUT2D eigenvalue weighted by molar-refractivity contribution is -0.118. The highest BCUT2D eigenvalue weighted by Crippen LogP contribution is 2.32. The summed E-state index contributed by atoms with van der Waals surface area (Å²) >= 11 is 7.42. The Morgan fingerprint density at radius 1 is 1.13 bits per heavy atom. The number of para-hydroxylation sites is 2. The second kappa shape index (κ2) is 9.72. The molecule has 0 bridgehead atoms. The molecule has 1 amide bonds. The van der Waals surface area contributed by atoms with Crippen LogP contribution >= 0.6 is 23.4 Å². The fourth-order valence-corrected chi connectivity index (χ4v) is 3.95. The maximum Gasteiger partial charge on any atom is 0.230 e. The van der Waals surface area contributed by atoms with Crippen LogP contribution in [-0.2, 0) is 11.3 Å². The van der Waals surface area contributed by atoms with Crippen LogP contribution in [0.2, 0.25) is 5.02 Å².